The Hall–Kier alpha value is 0.01000. The molecule has 0 heterocycles. The van der Waals surface area contributed by atoms with E-state index in [4.69, 9.17) is 5.73 Å². The van der Waals surface area contributed by atoms with Crippen LogP contribution in [0.3, 0.4) is 0 Å². The molecule has 0 bridgehead atoms. The van der Waals surface area contributed by atoms with E-state index in [0.717, 1.165) is 13.0 Å². The molecule has 1 unspecified atom stereocenters. The zero-order valence-electron chi connectivity index (χ0n) is 9.79. The highest BCUT2D eigenvalue weighted by Crippen LogP contribution is 2.21. The molecule has 0 spiro atoms. The third-order valence-electron chi connectivity index (χ3n) is 2.67. The molecule has 0 radical (unpaired) electrons. The molecule has 1 rings (SSSR count). The Bertz CT molecular complexity index is 304. The smallest absolute Gasteiger partial charge is 0.0207 e. The van der Waals surface area contributed by atoms with Crippen molar-refractivity contribution in [1.29, 1.82) is 0 Å². The van der Waals surface area contributed by atoms with Crippen molar-refractivity contribution in [2.75, 3.05) is 18.1 Å². The van der Waals surface area contributed by atoms with E-state index in [1.54, 1.807) is 0 Å². The lowest BCUT2D eigenvalue weighted by Gasteiger charge is -2.15. The maximum atomic E-state index is 5.83. The number of hydrogen-bond donors (Lipinski definition) is 1. The monoisotopic (exact) mass is 301 g/mol. The largest absolute Gasteiger partial charge is 0.330 e. The number of hydrogen-bond acceptors (Lipinski definition) is 2. The number of thioether (sulfide) groups is 1. The highest BCUT2D eigenvalue weighted by atomic mass is 79.9. The summed E-state index contributed by atoms with van der Waals surface area (Å²) >= 11 is 5.59. The average molecular weight is 302 g/mol. The van der Waals surface area contributed by atoms with E-state index in [1.165, 1.54) is 28.0 Å². The van der Waals surface area contributed by atoms with Crippen LogP contribution in [0.15, 0.2) is 28.7 Å². The summed E-state index contributed by atoms with van der Waals surface area (Å²) in [7, 11) is 0. The van der Waals surface area contributed by atoms with Gasteiger partial charge in [-0.1, -0.05) is 41.1 Å². The summed E-state index contributed by atoms with van der Waals surface area (Å²) in [6.45, 7) is 2.99. The van der Waals surface area contributed by atoms with Crippen LogP contribution in [-0.4, -0.2) is 18.1 Å². The minimum Gasteiger partial charge on any atom is -0.330 e. The predicted octanol–water partition coefficient (Wildman–Crippen LogP) is 3.71. The fraction of sp³-hybridized carbons (Fsp3) is 0.538. The molecule has 0 aliphatic carbocycles. The third-order valence-corrected chi connectivity index (χ3v) is 4.38. The Labute approximate surface area is 111 Å². The summed E-state index contributed by atoms with van der Waals surface area (Å²) < 4.78 is 1.21. The van der Waals surface area contributed by atoms with Gasteiger partial charge in [-0.3, -0.25) is 0 Å². The molecule has 0 aliphatic rings. The minimum atomic E-state index is 0.609. The van der Waals surface area contributed by atoms with E-state index in [1.807, 2.05) is 11.8 Å². The van der Waals surface area contributed by atoms with Gasteiger partial charge in [0.15, 0.2) is 0 Å². The van der Waals surface area contributed by atoms with Crippen LogP contribution >= 0.6 is 27.7 Å². The normalized spacial score (nSPS) is 12.7. The lowest BCUT2D eigenvalue weighted by molar-refractivity contribution is 0.522. The van der Waals surface area contributed by atoms with E-state index < -0.39 is 0 Å². The van der Waals surface area contributed by atoms with Gasteiger partial charge in [-0.25, -0.2) is 0 Å². The van der Waals surface area contributed by atoms with Gasteiger partial charge in [0.05, 0.1) is 0 Å². The summed E-state index contributed by atoms with van der Waals surface area (Å²) in [6, 6.07) is 8.43. The second-order valence-electron chi connectivity index (χ2n) is 3.88. The molecule has 0 saturated heterocycles. The standard InChI is InChI=1S/C13H20BrNS/c1-2-16-8-7-11(10-15)9-12-5-3-4-6-13(12)14/h3-6,11H,2,7-10,15H2,1H3. The first-order valence-electron chi connectivity index (χ1n) is 5.79. The maximum absolute atomic E-state index is 5.83. The molecule has 0 fully saturated rings. The molecular formula is C13H20BrNS. The molecule has 1 aromatic carbocycles. The second-order valence-corrected chi connectivity index (χ2v) is 6.13. The molecule has 1 nitrogen and oxygen atoms in total. The maximum Gasteiger partial charge on any atom is 0.0207 e. The van der Waals surface area contributed by atoms with Crippen LogP contribution in [0.4, 0.5) is 0 Å². The van der Waals surface area contributed by atoms with Crippen LogP contribution in [0, 0.1) is 5.92 Å². The number of halogens is 1. The van der Waals surface area contributed by atoms with Crippen molar-refractivity contribution in [1.82, 2.24) is 0 Å². The average Bonchev–Trinajstić information content (AvgIpc) is 2.30. The van der Waals surface area contributed by atoms with Gasteiger partial charge in [0.2, 0.25) is 0 Å². The molecule has 0 aromatic heterocycles. The summed E-state index contributed by atoms with van der Waals surface area (Å²) in [6.07, 6.45) is 2.30. The molecule has 1 aromatic rings. The van der Waals surface area contributed by atoms with Crippen molar-refractivity contribution in [2.24, 2.45) is 11.7 Å². The number of benzene rings is 1. The second kappa shape index (κ2) is 8.15. The lowest BCUT2D eigenvalue weighted by atomic mass is 9.97. The molecule has 16 heavy (non-hydrogen) atoms. The first kappa shape index (κ1) is 14.1. The van der Waals surface area contributed by atoms with Crippen molar-refractivity contribution >= 4 is 27.7 Å². The Morgan fingerprint density at radius 1 is 1.38 bits per heavy atom. The van der Waals surface area contributed by atoms with E-state index >= 15 is 0 Å². The van der Waals surface area contributed by atoms with Gasteiger partial charge in [-0.2, -0.15) is 11.8 Å². The minimum absolute atomic E-state index is 0.609. The molecule has 1 atom stereocenters. The number of nitrogens with two attached hydrogens (primary N) is 1. The topological polar surface area (TPSA) is 26.0 Å². The van der Waals surface area contributed by atoms with Gasteiger partial charge in [0.25, 0.3) is 0 Å². The van der Waals surface area contributed by atoms with Crippen molar-refractivity contribution in [2.45, 2.75) is 19.8 Å². The van der Waals surface area contributed by atoms with Gasteiger partial charge in [-0.05, 0) is 48.4 Å². The Kier molecular flexibility index (Phi) is 7.17. The van der Waals surface area contributed by atoms with Crippen molar-refractivity contribution in [3.05, 3.63) is 34.3 Å². The lowest BCUT2D eigenvalue weighted by Crippen LogP contribution is -2.18. The Morgan fingerprint density at radius 3 is 2.75 bits per heavy atom. The van der Waals surface area contributed by atoms with Crippen molar-refractivity contribution in [3.8, 4) is 0 Å². The van der Waals surface area contributed by atoms with E-state index in [9.17, 15) is 0 Å². The first-order chi connectivity index (χ1) is 7.77. The molecular weight excluding hydrogens is 282 g/mol. The fourth-order valence-corrected chi connectivity index (χ4v) is 2.91. The zero-order chi connectivity index (χ0) is 11.8. The van der Waals surface area contributed by atoms with Crippen LogP contribution in [-0.2, 0) is 6.42 Å². The van der Waals surface area contributed by atoms with E-state index in [2.05, 4.69) is 47.1 Å². The summed E-state index contributed by atoms with van der Waals surface area (Å²) in [5, 5.41) is 0. The number of rotatable bonds is 7. The molecule has 0 amide bonds. The highest BCUT2D eigenvalue weighted by molar-refractivity contribution is 9.10. The predicted molar refractivity (Wildman–Crippen MR) is 78.0 cm³/mol. The molecule has 2 N–H and O–H groups in total. The fourth-order valence-electron chi connectivity index (χ4n) is 1.67. The van der Waals surface area contributed by atoms with Gasteiger partial charge >= 0.3 is 0 Å². The van der Waals surface area contributed by atoms with Gasteiger partial charge in [0.1, 0.15) is 0 Å². The van der Waals surface area contributed by atoms with Gasteiger partial charge in [-0.15, -0.1) is 0 Å². The SMILES string of the molecule is CCSCCC(CN)Cc1ccccc1Br. The molecule has 0 aliphatic heterocycles. The molecule has 3 heteroatoms. The van der Waals surface area contributed by atoms with E-state index in [-0.39, 0.29) is 0 Å². The van der Waals surface area contributed by atoms with Crippen molar-refractivity contribution < 1.29 is 0 Å². The molecule has 0 saturated carbocycles. The highest BCUT2D eigenvalue weighted by Gasteiger charge is 2.09. The van der Waals surface area contributed by atoms with Crippen LogP contribution < -0.4 is 5.73 Å². The van der Waals surface area contributed by atoms with Crippen LogP contribution in [0.2, 0.25) is 0 Å². The first-order valence-corrected chi connectivity index (χ1v) is 7.74. The Morgan fingerprint density at radius 2 is 2.12 bits per heavy atom. The quantitative estimate of drug-likeness (QED) is 0.777. The summed E-state index contributed by atoms with van der Waals surface area (Å²) in [5.41, 5.74) is 7.20. The van der Waals surface area contributed by atoms with Crippen LogP contribution in [0.25, 0.3) is 0 Å². The van der Waals surface area contributed by atoms with Gasteiger partial charge in [0, 0.05) is 4.47 Å². The van der Waals surface area contributed by atoms with E-state index in [0.29, 0.717) is 5.92 Å². The van der Waals surface area contributed by atoms with Gasteiger partial charge < -0.3 is 5.73 Å². The van der Waals surface area contributed by atoms with Crippen LogP contribution in [0.5, 0.6) is 0 Å². The summed E-state index contributed by atoms with van der Waals surface area (Å²) in [4.78, 5) is 0. The summed E-state index contributed by atoms with van der Waals surface area (Å²) in [5.74, 6) is 3.03. The molecule has 90 valence electrons. The Balaban J connectivity index is 2.46. The van der Waals surface area contributed by atoms with Crippen molar-refractivity contribution in [3.63, 3.8) is 0 Å². The zero-order valence-corrected chi connectivity index (χ0v) is 12.2. The van der Waals surface area contributed by atoms with Crippen LogP contribution in [0.1, 0.15) is 18.9 Å². The third kappa shape index (κ3) is 4.89.